The Hall–Kier alpha value is -2.53. The van der Waals surface area contributed by atoms with Crippen LogP contribution in [0, 0.1) is 0 Å². The first-order valence-corrected chi connectivity index (χ1v) is 8.85. The van der Waals surface area contributed by atoms with Crippen LogP contribution in [0.4, 0.5) is 5.69 Å². The SMILES string of the molecule is C[C@H]1Cc2ccccc2N1C(=O)Cc1csc(-c2cccnc2)n1. The van der Waals surface area contributed by atoms with Crippen LogP contribution in [0.15, 0.2) is 54.2 Å². The molecule has 1 aromatic carbocycles. The fraction of sp³-hybridized carbons (Fsp3) is 0.211. The molecule has 1 aliphatic heterocycles. The summed E-state index contributed by atoms with van der Waals surface area (Å²) in [6.07, 6.45) is 4.78. The third-order valence-corrected chi connectivity index (χ3v) is 5.21. The third-order valence-electron chi connectivity index (χ3n) is 4.27. The molecule has 5 heteroatoms. The zero-order valence-electron chi connectivity index (χ0n) is 13.3. The first kappa shape index (κ1) is 15.0. The molecule has 4 rings (SSSR count). The molecule has 0 N–H and O–H groups in total. The van der Waals surface area contributed by atoms with E-state index in [4.69, 9.17) is 0 Å². The van der Waals surface area contributed by atoms with E-state index >= 15 is 0 Å². The highest BCUT2D eigenvalue weighted by Gasteiger charge is 2.30. The summed E-state index contributed by atoms with van der Waals surface area (Å²) in [5.41, 5.74) is 4.09. The lowest BCUT2D eigenvalue weighted by atomic mass is 10.1. The van der Waals surface area contributed by atoms with Crippen LogP contribution in [0.25, 0.3) is 10.6 Å². The van der Waals surface area contributed by atoms with E-state index in [1.54, 1.807) is 23.7 Å². The summed E-state index contributed by atoms with van der Waals surface area (Å²) in [6.45, 7) is 2.10. The number of thiazole rings is 1. The van der Waals surface area contributed by atoms with Gasteiger partial charge in [-0.05, 0) is 37.1 Å². The summed E-state index contributed by atoms with van der Waals surface area (Å²) >= 11 is 1.55. The summed E-state index contributed by atoms with van der Waals surface area (Å²) in [5.74, 6) is 0.107. The fourth-order valence-corrected chi connectivity index (χ4v) is 4.01. The van der Waals surface area contributed by atoms with E-state index in [1.807, 2.05) is 40.6 Å². The van der Waals surface area contributed by atoms with Crippen LogP contribution in [0.3, 0.4) is 0 Å². The monoisotopic (exact) mass is 335 g/mol. The number of benzene rings is 1. The molecule has 1 aliphatic rings. The first-order valence-electron chi connectivity index (χ1n) is 7.97. The molecule has 0 bridgehead atoms. The van der Waals surface area contributed by atoms with Crippen molar-refractivity contribution in [2.75, 3.05) is 4.90 Å². The number of carbonyl (C=O) groups is 1. The van der Waals surface area contributed by atoms with E-state index in [1.165, 1.54) is 5.56 Å². The number of amides is 1. The second kappa shape index (κ2) is 6.17. The Kier molecular flexibility index (Phi) is 3.86. The minimum Gasteiger partial charge on any atom is -0.309 e. The van der Waals surface area contributed by atoms with Gasteiger partial charge in [0.05, 0.1) is 12.1 Å². The van der Waals surface area contributed by atoms with E-state index in [2.05, 4.69) is 23.0 Å². The Balaban J connectivity index is 1.54. The predicted molar refractivity (Wildman–Crippen MR) is 96.1 cm³/mol. The highest BCUT2D eigenvalue weighted by atomic mass is 32.1. The second-order valence-electron chi connectivity index (χ2n) is 6.01. The molecule has 3 heterocycles. The maximum Gasteiger partial charge on any atom is 0.233 e. The van der Waals surface area contributed by atoms with Crippen molar-refractivity contribution in [1.29, 1.82) is 0 Å². The molecule has 0 radical (unpaired) electrons. The van der Waals surface area contributed by atoms with Gasteiger partial charge in [-0.2, -0.15) is 0 Å². The van der Waals surface area contributed by atoms with Crippen molar-refractivity contribution in [3.63, 3.8) is 0 Å². The van der Waals surface area contributed by atoms with Crippen LogP contribution >= 0.6 is 11.3 Å². The van der Waals surface area contributed by atoms with Crippen molar-refractivity contribution in [1.82, 2.24) is 9.97 Å². The zero-order valence-corrected chi connectivity index (χ0v) is 14.2. The van der Waals surface area contributed by atoms with Gasteiger partial charge in [-0.3, -0.25) is 9.78 Å². The molecule has 2 aromatic heterocycles. The normalized spacial score (nSPS) is 16.2. The lowest BCUT2D eigenvalue weighted by Crippen LogP contribution is -2.36. The lowest BCUT2D eigenvalue weighted by Gasteiger charge is -2.22. The van der Waals surface area contributed by atoms with Crippen molar-refractivity contribution in [3.8, 4) is 10.6 Å². The first-order chi connectivity index (χ1) is 11.7. The number of fused-ring (bicyclic) bond motifs is 1. The van der Waals surface area contributed by atoms with Crippen LogP contribution in [0.1, 0.15) is 18.2 Å². The number of hydrogen-bond acceptors (Lipinski definition) is 4. The van der Waals surface area contributed by atoms with Gasteiger partial charge in [-0.1, -0.05) is 18.2 Å². The number of rotatable bonds is 3. The van der Waals surface area contributed by atoms with Crippen LogP contribution < -0.4 is 4.90 Å². The standard InChI is InChI=1S/C19H17N3OS/c1-13-9-14-5-2-3-7-17(14)22(13)18(23)10-16-12-24-19(21-16)15-6-4-8-20-11-15/h2-8,11-13H,9-10H2,1H3/t13-/m0/s1. The van der Waals surface area contributed by atoms with Crippen LogP contribution in [-0.4, -0.2) is 21.9 Å². The van der Waals surface area contributed by atoms with Gasteiger partial charge in [-0.15, -0.1) is 11.3 Å². The third kappa shape index (κ3) is 2.71. The van der Waals surface area contributed by atoms with Gasteiger partial charge in [0.1, 0.15) is 5.01 Å². The number of aromatic nitrogens is 2. The highest BCUT2D eigenvalue weighted by Crippen LogP contribution is 2.32. The number of pyridine rings is 1. The molecule has 0 spiro atoms. The van der Waals surface area contributed by atoms with E-state index in [0.717, 1.165) is 28.4 Å². The summed E-state index contributed by atoms with van der Waals surface area (Å²) in [5, 5.41) is 2.87. The molecule has 4 nitrogen and oxygen atoms in total. The molecule has 3 aromatic rings. The Morgan fingerprint density at radius 2 is 2.17 bits per heavy atom. The Labute approximate surface area is 144 Å². The molecule has 1 amide bonds. The van der Waals surface area contributed by atoms with Crippen molar-refractivity contribution in [2.45, 2.75) is 25.8 Å². The maximum atomic E-state index is 12.8. The van der Waals surface area contributed by atoms with Crippen LogP contribution in [0.2, 0.25) is 0 Å². The average Bonchev–Trinajstić information content (AvgIpc) is 3.19. The molecular weight excluding hydrogens is 318 g/mol. The molecule has 0 unspecified atom stereocenters. The minimum atomic E-state index is 0.107. The summed E-state index contributed by atoms with van der Waals surface area (Å²) in [6, 6.07) is 12.2. The predicted octanol–water partition coefficient (Wildman–Crippen LogP) is 3.73. The van der Waals surface area contributed by atoms with Gasteiger partial charge in [0.25, 0.3) is 0 Å². The zero-order chi connectivity index (χ0) is 16.5. The second-order valence-corrected chi connectivity index (χ2v) is 6.87. The topological polar surface area (TPSA) is 46.1 Å². The Morgan fingerprint density at radius 1 is 1.29 bits per heavy atom. The van der Waals surface area contributed by atoms with E-state index < -0.39 is 0 Å². The Morgan fingerprint density at radius 3 is 3.00 bits per heavy atom. The molecular formula is C19H17N3OS. The minimum absolute atomic E-state index is 0.107. The summed E-state index contributed by atoms with van der Waals surface area (Å²) in [4.78, 5) is 23.5. The molecule has 0 aliphatic carbocycles. The highest BCUT2D eigenvalue weighted by molar-refractivity contribution is 7.13. The van der Waals surface area contributed by atoms with Crippen molar-refractivity contribution >= 4 is 22.9 Å². The summed E-state index contributed by atoms with van der Waals surface area (Å²) in [7, 11) is 0. The van der Waals surface area contributed by atoms with Gasteiger partial charge >= 0.3 is 0 Å². The van der Waals surface area contributed by atoms with Gasteiger partial charge < -0.3 is 4.90 Å². The number of carbonyl (C=O) groups excluding carboxylic acids is 1. The quantitative estimate of drug-likeness (QED) is 0.733. The largest absolute Gasteiger partial charge is 0.309 e. The number of nitrogens with zero attached hydrogens (tertiary/aromatic N) is 3. The number of para-hydroxylation sites is 1. The van der Waals surface area contributed by atoms with Crippen molar-refractivity contribution < 1.29 is 4.79 Å². The summed E-state index contributed by atoms with van der Waals surface area (Å²) < 4.78 is 0. The van der Waals surface area contributed by atoms with Crippen LogP contribution in [0.5, 0.6) is 0 Å². The van der Waals surface area contributed by atoms with Crippen molar-refractivity contribution in [3.05, 3.63) is 65.4 Å². The number of hydrogen-bond donors (Lipinski definition) is 0. The van der Waals surface area contributed by atoms with Gasteiger partial charge in [0.15, 0.2) is 0 Å². The molecule has 120 valence electrons. The molecule has 24 heavy (non-hydrogen) atoms. The fourth-order valence-electron chi connectivity index (χ4n) is 3.20. The maximum absolute atomic E-state index is 12.8. The molecule has 0 fully saturated rings. The molecule has 0 saturated carbocycles. The lowest BCUT2D eigenvalue weighted by molar-refractivity contribution is -0.118. The van der Waals surface area contributed by atoms with Crippen LogP contribution in [-0.2, 0) is 17.6 Å². The van der Waals surface area contributed by atoms with Gasteiger partial charge in [-0.25, -0.2) is 4.98 Å². The van der Waals surface area contributed by atoms with E-state index in [9.17, 15) is 4.79 Å². The van der Waals surface area contributed by atoms with Crippen molar-refractivity contribution in [2.24, 2.45) is 0 Å². The van der Waals surface area contributed by atoms with E-state index in [-0.39, 0.29) is 11.9 Å². The van der Waals surface area contributed by atoms with E-state index in [0.29, 0.717) is 6.42 Å². The van der Waals surface area contributed by atoms with Gasteiger partial charge in [0, 0.05) is 35.1 Å². The average molecular weight is 335 g/mol. The smallest absolute Gasteiger partial charge is 0.233 e. The number of anilines is 1. The molecule has 1 atom stereocenters. The Bertz CT molecular complexity index is 875. The molecule has 0 saturated heterocycles. The van der Waals surface area contributed by atoms with Gasteiger partial charge in [0.2, 0.25) is 5.91 Å².